The molecule has 0 radical (unpaired) electrons. The second-order valence-electron chi connectivity index (χ2n) is 6.65. The molecule has 0 atom stereocenters. The maximum atomic E-state index is 12.7. The van der Waals surface area contributed by atoms with E-state index in [2.05, 4.69) is 20.7 Å². The molecule has 4 rings (SSSR count). The van der Waals surface area contributed by atoms with Gasteiger partial charge in [0, 0.05) is 31.5 Å². The number of pyridine rings is 1. The predicted molar refractivity (Wildman–Crippen MR) is 108 cm³/mol. The summed E-state index contributed by atoms with van der Waals surface area (Å²) in [7, 11) is 1.55. The zero-order valence-corrected chi connectivity index (χ0v) is 16.1. The minimum Gasteiger partial charge on any atom is -0.354 e. The highest BCUT2D eigenvalue weighted by Crippen LogP contribution is 2.13. The van der Waals surface area contributed by atoms with Crippen molar-refractivity contribution in [1.29, 1.82) is 0 Å². The van der Waals surface area contributed by atoms with E-state index in [1.54, 1.807) is 40.7 Å². The Labute approximate surface area is 167 Å². The maximum absolute atomic E-state index is 12.7. The number of nitrogens with zero attached hydrogens (tertiary/aromatic N) is 4. The van der Waals surface area contributed by atoms with E-state index in [-0.39, 0.29) is 11.8 Å². The third kappa shape index (κ3) is 3.60. The molecular formula is C21H20N6O2. The molecule has 3 aromatic heterocycles. The minimum atomic E-state index is -0.270. The largest absolute Gasteiger partial charge is 0.354 e. The number of hydrogen-bond donors (Lipinski definition) is 2. The van der Waals surface area contributed by atoms with Gasteiger partial charge in [0.05, 0.1) is 23.6 Å². The molecule has 0 aliphatic carbocycles. The predicted octanol–water partition coefficient (Wildman–Crippen LogP) is 2.12. The normalized spacial score (nSPS) is 10.8. The van der Waals surface area contributed by atoms with Crippen molar-refractivity contribution in [3.05, 3.63) is 83.6 Å². The Balaban J connectivity index is 1.51. The van der Waals surface area contributed by atoms with Gasteiger partial charge in [-0.05, 0) is 36.8 Å². The molecular weight excluding hydrogens is 368 g/mol. The molecule has 0 fully saturated rings. The van der Waals surface area contributed by atoms with Gasteiger partial charge in [0.15, 0.2) is 0 Å². The zero-order valence-electron chi connectivity index (χ0n) is 16.1. The summed E-state index contributed by atoms with van der Waals surface area (Å²) in [6, 6.07) is 11.4. The lowest BCUT2D eigenvalue weighted by Crippen LogP contribution is -2.24. The zero-order chi connectivity index (χ0) is 20.4. The van der Waals surface area contributed by atoms with Crippen molar-refractivity contribution in [2.24, 2.45) is 0 Å². The van der Waals surface area contributed by atoms with E-state index in [9.17, 15) is 9.59 Å². The van der Waals surface area contributed by atoms with Gasteiger partial charge in [-0.1, -0.05) is 12.1 Å². The summed E-state index contributed by atoms with van der Waals surface area (Å²) in [4.78, 5) is 28.9. The lowest BCUT2D eigenvalue weighted by atomic mass is 10.2. The molecule has 0 aliphatic rings. The second-order valence-corrected chi connectivity index (χ2v) is 6.65. The van der Waals surface area contributed by atoms with Crippen molar-refractivity contribution in [2.45, 2.75) is 13.5 Å². The second kappa shape index (κ2) is 7.59. The number of fused-ring (bicyclic) bond motifs is 1. The van der Waals surface area contributed by atoms with E-state index in [0.717, 1.165) is 16.8 Å². The quantitative estimate of drug-likeness (QED) is 0.548. The van der Waals surface area contributed by atoms with Crippen molar-refractivity contribution in [3.63, 3.8) is 0 Å². The number of aryl methyl sites for hydroxylation is 1. The number of rotatable bonds is 5. The first kappa shape index (κ1) is 18.4. The van der Waals surface area contributed by atoms with Crippen LogP contribution in [0.1, 0.15) is 32.0 Å². The third-order valence-corrected chi connectivity index (χ3v) is 4.60. The van der Waals surface area contributed by atoms with Crippen molar-refractivity contribution in [2.75, 3.05) is 7.05 Å². The highest BCUT2D eigenvalue weighted by Gasteiger charge is 2.16. The number of hydrogen-bond acceptors (Lipinski definition) is 4. The van der Waals surface area contributed by atoms with Crippen LogP contribution in [-0.2, 0) is 6.54 Å². The number of carbonyl (C=O) groups excluding carboxylic acids is 2. The summed E-state index contributed by atoms with van der Waals surface area (Å²) >= 11 is 0. The number of amides is 2. The highest BCUT2D eigenvalue weighted by molar-refractivity contribution is 6.01. The fraction of sp³-hybridized carbons (Fsp3) is 0.143. The smallest absolute Gasteiger partial charge is 0.269 e. The van der Waals surface area contributed by atoms with Crippen LogP contribution in [0.2, 0.25) is 0 Å². The van der Waals surface area contributed by atoms with Crippen molar-refractivity contribution in [1.82, 2.24) is 29.8 Å². The van der Waals surface area contributed by atoms with Crippen LogP contribution in [0.5, 0.6) is 0 Å². The average Bonchev–Trinajstić information content (AvgIpc) is 3.38. The fourth-order valence-electron chi connectivity index (χ4n) is 3.12. The Kier molecular flexibility index (Phi) is 4.82. The lowest BCUT2D eigenvalue weighted by Gasteiger charge is -2.06. The minimum absolute atomic E-state index is 0.265. The summed E-state index contributed by atoms with van der Waals surface area (Å²) in [5.41, 5.74) is 4.19. The Bertz CT molecular complexity index is 1210. The molecule has 2 amide bonds. The van der Waals surface area contributed by atoms with Crippen molar-refractivity contribution in [3.8, 4) is 5.69 Å². The molecule has 0 aliphatic heterocycles. The van der Waals surface area contributed by atoms with Gasteiger partial charge < -0.3 is 10.6 Å². The third-order valence-electron chi connectivity index (χ3n) is 4.60. The van der Waals surface area contributed by atoms with E-state index >= 15 is 0 Å². The van der Waals surface area contributed by atoms with Gasteiger partial charge in [0.25, 0.3) is 11.8 Å². The van der Waals surface area contributed by atoms with Crippen LogP contribution < -0.4 is 10.6 Å². The number of benzene rings is 1. The van der Waals surface area contributed by atoms with E-state index in [1.165, 1.54) is 6.20 Å². The average molecular weight is 388 g/mol. The molecule has 29 heavy (non-hydrogen) atoms. The van der Waals surface area contributed by atoms with Gasteiger partial charge in [-0.25, -0.2) is 9.67 Å². The molecule has 8 nitrogen and oxygen atoms in total. The summed E-state index contributed by atoms with van der Waals surface area (Å²) < 4.78 is 3.38. The van der Waals surface area contributed by atoms with Gasteiger partial charge in [-0.2, -0.15) is 5.10 Å². The Hall–Kier alpha value is -3.94. The van der Waals surface area contributed by atoms with E-state index in [1.807, 2.05) is 37.4 Å². The molecule has 0 bridgehead atoms. The van der Waals surface area contributed by atoms with Gasteiger partial charge >= 0.3 is 0 Å². The van der Waals surface area contributed by atoms with Crippen molar-refractivity contribution >= 4 is 17.5 Å². The highest BCUT2D eigenvalue weighted by atomic mass is 16.2. The molecule has 146 valence electrons. The molecule has 0 saturated carbocycles. The fourth-order valence-corrected chi connectivity index (χ4v) is 3.12. The molecule has 3 heterocycles. The first-order valence-electron chi connectivity index (χ1n) is 9.14. The molecule has 8 heteroatoms. The number of imidazole rings is 1. The topological polar surface area (TPSA) is 93.3 Å². The Morgan fingerprint density at radius 1 is 1.10 bits per heavy atom. The van der Waals surface area contributed by atoms with Gasteiger partial charge in [-0.15, -0.1) is 0 Å². The SMILES string of the molecule is CNC(=O)c1cnc2c(C(=O)NCc3cnn(-c4cccc(C)c4)c3)cccn12. The van der Waals surface area contributed by atoms with E-state index in [0.29, 0.717) is 23.4 Å². The van der Waals surface area contributed by atoms with Gasteiger partial charge in [-0.3, -0.25) is 14.0 Å². The molecule has 2 N–H and O–H groups in total. The lowest BCUT2D eigenvalue weighted by molar-refractivity contribution is 0.0944. The molecule has 0 spiro atoms. The molecule has 0 saturated heterocycles. The van der Waals surface area contributed by atoms with Crippen LogP contribution in [0, 0.1) is 6.92 Å². The summed E-state index contributed by atoms with van der Waals surface area (Å²) in [6.07, 6.45) is 6.77. The number of nitrogens with one attached hydrogen (secondary N) is 2. The standard InChI is InChI=1S/C21H20N6O2/c1-14-5-3-6-16(9-14)27-13-15(11-25-27)10-24-20(28)17-7-4-8-26-18(21(29)22-2)12-23-19(17)26/h3-9,11-13H,10H2,1-2H3,(H,22,29)(H,24,28). The van der Waals surface area contributed by atoms with Crippen LogP contribution in [0.15, 0.2) is 61.2 Å². The number of carbonyl (C=O) groups is 2. The van der Waals surface area contributed by atoms with E-state index in [4.69, 9.17) is 0 Å². The van der Waals surface area contributed by atoms with Gasteiger partial charge in [0.1, 0.15) is 11.3 Å². The Morgan fingerprint density at radius 2 is 1.97 bits per heavy atom. The van der Waals surface area contributed by atoms with E-state index < -0.39 is 0 Å². The first-order chi connectivity index (χ1) is 14.1. The summed E-state index contributed by atoms with van der Waals surface area (Å²) in [5, 5.41) is 9.82. The maximum Gasteiger partial charge on any atom is 0.269 e. The molecule has 1 aromatic carbocycles. The van der Waals surface area contributed by atoms with Crippen LogP contribution in [0.25, 0.3) is 11.3 Å². The van der Waals surface area contributed by atoms with Crippen molar-refractivity contribution < 1.29 is 9.59 Å². The van der Waals surface area contributed by atoms with Crippen LogP contribution >= 0.6 is 0 Å². The molecule has 0 unspecified atom stereocenters. The Morgan fingerprint density at radius 3 is 2.76 bits per heavy atom. The van der Waals surface area contributed by atoms with Crippen LogP contribution in [-0.4, -0.2) is 38.0 Å². The summed E-state index contributed by atoms with van der Waals surface area (Å²) in [6.45, 7) is 2.36. The van der Waals surface area contributed by atoms with Crippen LogP contribution in [0.4, 0.5) is 0 Å². The summed E-state index contributed by atoms with van der Waals surface area (Å²) in [5.74, 6) is -0.536. The van der Waals surface area contributed by atoms with Gasteiger partial charge in [0.2, 0.25) is 0 Å². The first-order valence-corrected chi connectivity index (χ1v) is 9.14. The van der Waals surface area contributed by atoms with Crippen LogP contribution in [0.3, 0.4) is 0 Å². The number of aromatic nitrogens is 4. The monoisotopic (exact) mass is 388 g/mol. The molecule has 4 aromatic rings.